The summed E-state index contributed by atoms with van der Waals surface area (Å²) in [6.07, 6.45) is 3.88. The van der Waals surface area contributed by atoms with E-state index in [4.69, 9.17) is 0 Å². The second kappa shape index (κ2) is 8.56. The number of alkyl halides is 2. The fraction of sp³-hybridized carbons (Fsp3) is 0.188. The molecule has 1 heterocycles. The summed E-state index contributed by atoms with van der Waals surface area (Å²) in [7, 11) is 1.61. The molecule has 0 saturated heterocycles. The molecule has 0 amide bonds. The van der Waals surface area contributed by atoms with Gasteiger partial charge in [-0.2, -0.15) is 13.9 Å². The van der Waals surface area contributed by atoms with Crippen molar-refractivity contribution in [3.8, 4) is 11.4 Å². The van der Waals surface area contributed by atoms with Crippen LogP contribution in [0.15, 0.2) is 53.6 Å². The van der Waals surface area contributed by atoms with E-state index in [0.29, 0.717) is 5.69 Å². The van der Waals surface area contributed by atoms with Gasteiger partial charge in [-0.1, -0.05) is 13.5 Å². The van der Waals surface area contributed by atoms with E-state index in [1.165, 1.54) is 47.4 Å². The molecule has 0 atom stereocenters. The number of halogens is 2. The highest BCUT2D eigenvalue weighted by Crippen LogP contribution is 2.18. The summed E-state index contributed by atoms with van der Waals surface area (Å²) in [6, 6.07) is 6.93. The van der Waals surface area contributed by atoms with Gasteiger partial charge in [0.1, 0.15) is 5.75 Å². The number of carbonyl (C=O) groups is 1. The largest absolute Gasteiger partial charge is 0.435 e. The minimum absolute atomic E-state index is 0. The number of nitrogens with one attached hydrogen (secondary N) is 1. The summed E-state index contributed by atoms with van der Waals surface area (Å²) >= 11 is 0. The smallest absolute Gasteiger partial charge is 0.387 e. The lowest BCUT2D eigenvalue weighted by atomic mass is 10.2. The van der Waals surface area contributed by atoms with E-state index >= 15 is 0 Å². The number of carbonyl (C=O) groups excluding carboxylic acids is 1. The molecule has 128 valence electrons. The molecule has 8 heteroatoms. The van der Waals surface area contributed by atoms with Crippen LogP contribution in [0.1, 0.15) is 17.9 Å². The molecule has 0 fully saturated rings. The zero-order valence-electron chi connectivity index (χ0n) is 12.1. The Hall–Kier alpha value is -3.03. The number of nitrogens with zero attached hydrogens (tertiary/aromatic N) is 2. The van der Waals surface area contributed by atoms with Gasteiger partial charge >= 0.3 is 6.61 Å². The zero-order chi connectivity index (χ0) is 16.8. The highest BCUT2D eigenvalue weighted by Gasteiger charge is 2.11. The molecule has 1 N–H and O–H groups in total. The summed E-state index contributed by atoms with van der Waals surface area (Å²) in [5.41, 5.74) is -0.444. The van der Waals surface area contributed by atoms with Crippen molar-refractivity contribution in [1.29, 1.82) is 0 Å². The Balaban J connectivity index is 0.00000288. The van der Waals surface area contributed by atoms with Crippen LogP contribution < -0.4 is 15.5 Å². The molecule has 1 aromatic heterocycles. The number of rotatable bonds is 6. The molecule has 0 radical (unpaired) electrons. The van der Waals surface area contributed by atoms with Crippen LogP contribution >= 0.6 is 0 Å². The van der Waals surface area contributed by atoms with Crippen molar-refractivity contribution in [3.63, 3.8) is 0 Å². The van der Waals surface area contributed by atoms with Gasteiger partial charge in [0.25, 0.3) is 0 Å². The van der Waals surface area contributed by atoms with Gasteiger partial charge in [0, 0.05) is 37.7 Å². The number of benzene rings is 1. The molecule has 0 saturated carbocycles. The number of ether oxygens (including phenoxy) is 1. The monoisotopic (exact) mass is 337 g/mol. The van der Waals surface area contributed by atoms with Crippen molar-refractivity contribution in [3.05, 3.63) is 64.7 Å². The normalized spacial score (nSPS) is 10.5. The van der Waals surface area contributed by atoms with Crippen LogP contribution in [0.5, 0.6) is 5.75 Å². The van der Waals surface area contributed by atoms with Crippen molar-refractivity contribution in [1.82, 2.24) is 15.1 Å². The summed E-state index contributed by atoms with van der Waals surface area (Å²) in [5.74, 6) is -0.625. The quantitative estimate of drug-likeness (QED) is 0.647. The first-order chi connectivity index (χ1) is 11.0. The van der Waals surface area contributed by atoms with Gasteiger partial charge in [-0.3, -0.25) is 9.59 Å². The number of hydrogen-bond donors (Lipinski definition) is 1. The molecule has 1 aromatic carbocycles. The third-order valence-corrected chi connectivity index (χ3v) is 2.75. The highest BCUT2D eigenvalue weighted by molar-refractivity contribution is 6.02. The van der Waals surface area contributed by atoms with E-state index in [2.05, 4.69) is 15.2 Å². The lowest BCUT2D eigenvalue weighted by Gasteiger charge is -2.09. The van der Waals surface area contributed by atoms with Crippen LogP contribution in [-0.4, -0.2) is 29.2 Å². The molecule has 2 rings (SSSR count). The Labute approximate surface area is 137 Å². The average molecular weight is 337 g/mol. The third-order valence-electron chi connectivity index (χ3n) is 2.75. The fourth-order valence-corrected chi connectivity index (χ4v) is 1.76. The van der Waals surface area contributed by atoms with Crippen molar-refractivity contribution in [2.75, 3.05) is 7.05 Å². The third kappa shape index (κ3) is 4.73. The number of allylic oxidation sites excluding steroid dienone is 1. The zero-order valence-corrected chi connectivity index (χ0v) is 12.1. The van der Waals surface area contributed by atoms with Crippen LogP contribution in [0.25, 0.3) is 5.69 Å². The van der Waals surface area contributed by atoms with Crippen molar-refractivity contribution >= 4 is 5.78 Å². The molecule has 0 aliphatic rings. The molecule has 0 spiro atoms. The molecule has 2 aromatic rings. The lowest BCUT2D eigenvalue weighted by molar-refractivity contribution is -0.0498. The van der Waals surface area contributed by atoms with E-state index in [1.54, 1.807) is 13.1 Å². The second-order valence-electron chi connectivity index (χ2n) is 4.34. The maximum atomic E-state index is 12.3. The van der Waals surface area contributed by atoms with E-state index < -0.39 is 17.8 Å². The summed E-state index contributed by atoms with van der Waals surface area (Å²) in [5, 5.41) is 6.58. The maximum Gasteiger partial charge on any atom is 0.387 e. The minimum Gasteiger partial charge on any atom is -0.435 e. The Morgan fingerprint density at radius 2 is 2.12 bits per heavy atom. The number of ketones is 1. The average Bonchev–Trinajstić information content (AvgIpc) is 2.52. The van der Waals surface area contributed by atoms with E-state index in [0.717, 1.165) is 0 Å². The predicted molar refractivity (Wildman–Crippen MR) is 85.7 cm³/mol. The van der Waals surface area contributed by atoms with E-state index in [9.17, 15) is 18.4 Å². The summed E-state index contributed by atoms with van der Waals surface area (Å²) < 4.78 is 30.0. The Bertz CT molecular complexity index is 788. The maximum absolute atomic E-state index is 12.3. The summed E-state index contributed by atoms with van der Waals surface area (Å²) in [4.78, 5) is 23.6. The van der Waals surface area contributed by atoms with Crippen LogP contribution in [0, 0.1) is 0 Å². The highest BCUT2D eigenvalue weighted by atomic mass is 19.3. The molecule has 0 unspecified atom stereocenters. The van der Waals surface area contributed by atoms with Crippen molar-refractivity contribution in [2.24, 2.45) is 0 Å². The van der Waals surface area contributed by atoms with Gasteiger partial charge in [0.15, 0.2) is 5.69 Å². The first-order valence-electron chi connectivity index (χ1n) is 6.54. The van der Waals surface area contributed by atoms with Crippen LogP contribution in [-0.2, 0) is 0 Å². The predicted octanol–water partition coefficient (Wildman–Crippen LogP) is 2.39. The molecule has 24 heavy (non-hydrogen) atoms. The molecule has 0 aliphatic heterocycles. The van der Waals surface area contributed by atoms with Gasteiger partial charge in [-0.25, -0.2) is 4.68 Å². The molecular formula is C16H17F2N3O3. The first kappa shape index (κ1) is 19.0. The van der Waals surface area contributed by atoms with Crippen molar-refractivity contribution < 1.29 is 18.3 Å². The fourth-order valence-electron chi connectivity index (χ4n) is 1.76. The van der Waals surface area contributed by atoms with Gasteiger partial charge in [-0.05, 0) is 12.1 Å². The molecule has 0 bridgehead atoms. The van der Waals surface area contributed by atoms with Gasteiger partial charge in [-0.15, -0.1) is 0 Å². The first-order valence-corrected chi connectivity index (χ1v) is 6.54. The van der Waals surface area contributed by atoms with Crippen LogP contribution in [0.3, 0.4) is 0 Å². The van der Waals surface area contributed by atoms with Gasteiger partial charge in [0.2, 0.25) is 11.2 Å². The van der Waals surface area contributed by atoms with Crippen LogP contribution in [0.4, 0.5) is 8.78 Å². The van der Waals surface area contributed by atoms with E-state index in [-0.39, 0.29) is 18.9 Å². The number of hydrogen-bond acceptors (Lipinski definition) is 5. The summed E-state index contributed by atoms with van der Waals surface area (Å²) in [6.45, 7) is -2.95. The number of aromatic nitrogens is 2. The Kier molecular flexibility index (Phi) is 6.79. The van der Waals surface area contributed by atoms with Crippen LogP contribution in [0.2, 0.25) is 0 Å². The lowest BCUT2D eigenvalue weighted by Crippen LogP contribution is -2.20. The molecule has 6 nitrogen and oxygen atoms in total. The Morgan fingerprint density at radius 3 is 2.79 bits per heavy atom. The standard InChI is InChI=1S/C15H13F2N3O3.CH4/c1-18-7-5-12(21)14-13(22)6-8-20(19-14)10-3-2-4-11(9-10)23-15(16)17;/h2-9,15,18H,1H3;1H4. The minimum atomic E-state index is -2.95. The topological polar surface area (TPSA) is 73.2 Å². The van der Waals surface area contributed by atoms with Crippen molar-refractivity contribution in [2.45, 2.75) is 14.0 Å². The molecule has 0 aliphatic carbocycles. The molecular weight excluding hydrogens is 320 g/mol. The van der Waals surface area contributed by atoms with Gasteiger partial charge < -0.3 is 10.1 Å². The second-order valence-corrected chi connectivity index (χ2v) is 4.34. The van der Waals surface area contributed by atoms with Gasteiger partial charge in [0.05, 0.1) is 5.69 Å². The Morgan fingerprint density at radius 1 is 1.38 bits per heavy atom. The van der Waals surface area contributed by atoms with E-state index in [1.807, 2.05) is 0 Å². The SMILES string of the molecule is C.CNC=CC(=O)c1nn(-c2cccc(OC(F)F)c2)ccc1=O.